The molecule has 34 heavy (non-hydrogen) atoms. The highest BCUT2D eigenvalue weighted by Crippen LogP contribution is 2.28. The van der Waals surface area contributed by atoms with E-state index < -0.39 is 0 Å². The summed E-state index contributed by atoms with van der Waals surface area (Å²) in [5, 5.41) is 17.6. The van der Waals surface area contributed by atoms with Crippen molar-refractivity contribution >= 4 is 52.5 Å². The van der Waals surface area contributed by atoms with Crippen molar-refractivity contribution in [3.05, 3.63) is 51.6 Å². The first-order valence-corrected chi connectivity index (χ1v) is 11.8. The van der Waals surface area contributed by atoms with Crippen LogP contribution in [0.25, 0.3) is 0 Å². The summed E-state index contributed by atoms with van der Waals surface area (Å²) in [4.78, 5) is 22.0. The van der Waals surface area contributed by atoms with Gasteiger partial charge in [0.15, 0.2) is 5.82 Å². The molecular formula is C24H32Cl2N6O2. The number of anilines is 2. The first-order valence-electron chi connectivity index (χ1n) is 11.1. The molecule has 2 aromatic rings. The first-order chi connectivity index (χ1) is 16.2. The number of halogens is 2. The van der Waals surface area contributed by atoms with Gasteiger partial charge in [0.1, 0.15) is 7.11 Å². The van der Waals surface area contributed by atoms with E-state index in [0.717, 1.165) is 5.56 Å². The summed E-state index contributed by atoms with van der Waals surface area (Å²) in [6.45, 7) is 10.1. The molecule has 1 amide bonds. The van der Waals surface area contributed by atoms with E-state index in [1.165, 1.54) is 7.11 Å². The Morgan fingerprint density at radius 3 is 2.65 bits per heavy atom. The number of hydrogen-bond acceptors (Lipinski definition) is 7. The van der Waals surface area contributed by atoms with E-state index in [2.05, 4.69) is 20.8 Å². The molecular weight excluding hydrogens is 475 g/mol. The van der Waals surface area contributed by atoms with Crippen LogP contribution >= 0.6 is 23.2 Å². The van der Waals surface area contributed by atoms with Crippen LogP contribution in [0.3, 0.4) is 0 Å². The zero-order valence-electron chi connectivity index (χ0n) is 20.4. The van der Waals surface area contributed by atoms with Gasteiger partial charge in [-0.2, -0.15) is 5.10 Å². The van der Waals surface area contributed by atoms with Crippen LogP contribution in [-0.2, 0) is 4.84 Å². The largest absolute Gasteiger partial charge is 0.399 e. The summed E-state index contributed by atoms with van der Waals surface area (Å²) in [6, 6.07) is 6.82. The molecule has 184 valence electrons. The van der Waals surface area contributed by atoms with Crippen LogP contribution in [0.1, 0.15) is 50.0 Å². The molecule has 0 spiro atoms. The van der Waals surface area contributed by atoms with Crippen LogP contribution < -0.4 is 15.6 Å². The van der Waals surface area contributed by atoms with Gasteiger partial charge in [0, 0.05) is 23.8 Å². The zero-order chi connectivity index (χ0) is 25.3. The molecule has 1 heterocycles. The fourth-order valence-corrected chi connectivity index (χ4v) is 3.65. The number of rotatable bonds is 11. The Kier molecular flexibility index (Phi) is 10.6. The zero-order valence-corrected chi connectivity index (χ0v) is 21.9. The van der Waals surface area contributed by atoms with E-state index in [1.54, 1.807) is 35.6 Å². The van der Waals surface area contributed by atoms with Gasteiger partial charge in [-0.3, -0.25) is 4.79 Å². The standard InChI is InChI=1S/C24H32Cl2N6O2/c1-7-19(14-29-34-6)31-32(23-21(26)9-8-10-27-23)17(5)13-28-22-16(4)11-18(25)12-20(22)24(33)30-15(2)3/h8-12,14-15,17,28H,7,13H2,1-6H3,(H,30,33)/b29-14+,31-19+. The number of amides is 1. The van der Waals surface area contributed by atoms with Crippen LogP contribution in [0, 0.1) is 6.92 Å². The third kappa shape index (κ3) is 7.60. The molecule has 1 aromatic heterocycles. The number of pyridine rings is 1. The van der Waals surface area contributed by atoms with E-state index >= 15 is 0 Å². The molecule has 0 aliphatic heterocycles. The molecule has 2 N–H and O–H groups in total. The smallest absolute Gasteiger partial charge is 0.253 e. The van der Waals surface area contributed by atoms with E-state index in [4.69, 9.17) is 33.1 Å². The molecule has 0 saturated carbocycles. The molecule has 0 aliphatic rings. The SMILES string of the molecule is CCC(/C=N/OC)=N\N(c1ncccc1Cl)C(C)CNc1c(C)cc(Cl)cc1C(=O)NC(C)C. The topological polar surface area (TPSA) is 91.2 Å². The lowest BCUT2D eigenvalue weighted by atomic mass is 10.1. The maximum atomic E-state index is 12.8. The first kappa shape index (κ1) is 27.4. The molecule has 0 radical (unpaired) electrons. The Labute approximate surface area is 211 Å². The van der Waals surface area contributed by atoms with Gasteiger partial charge in [0.25, 0.3) is 5.91 Å². The maximum Gasteiger partial charge on any atom is 0.253 e. The van der Waals surface area contributed by atoms with Gasteiger partial charge in [-0.25, -0.2) is 9.99 Å². The number of carbonyl (C=O) groups excluding carboxylic acids is 1. The predicted molar refractivity (Wildman–Crippen MR) is 142 cm³/mol. The van der Waals surface area contributed by atoms with Crippen LogP contribution in [0.15, 0.2) is 40.7 Å². The van der Waals surface area contributed by atoms with Gasteiger partial charge in [-0.05, 0) is 63.9 Å². The van der Waals surface area contributed by atoms with Crippen molar-refractivity contribution in [2.24, 2.45) is 10.3 Å². The highest BCUT2D eigenvalue weighted by atomic mass is 35.5. The fourth-order valence-electron chi connectivity index (χ4n) is 3.17. The second-order valence-electron chi connectivity index (χ2n) is 8.02. The third-order valence-electron chi connectivity index (χ3n) is 4.82. The number of hydrogen-bond donors (Lipinski definition) is 2. The summed E-state index contributed by atoms with van der Waals surface area (Å²) in [7, 11) is 1.48. The third-order valence-corrected chi connectivity index (χ3v) is 5.33. The lowest BCUT2D eigenvalue weighted by molar-refractivity contribution is 0.0944. The van der Waals surface area contributed by atoms with E-state index in [9.17, 15) is 4.79 Å². The van der Waals surface area contributed by atoms with Crippen LogP contribution in [-0.4, -0.2) is 48.6 Å². The van der Waals surface area contributed by atoms with Gasteiger partial charge in [-0.1, -0.05) is 35.3 Å². The Balaban J connectivity index is 2.39. The van der Waals surface area contributed by atoms with Crippen molar-refractivity contribution in [1.29, 1.82) is 0 Å². The number of nitrogens with one attached hydrogen (secondary N) is 2. The number of aromatic nitrogens is 1. The average molecular weight is 507 g/mol. The Morgan fingerprint density at radius 2 is 2.03 bits per heavy atom. The fraction of sp³-hybridized carbons (Fsp3) is 0.417. The Bertz CT molecular complexity index is 1040. The van der Waals surface area contributed by atoms with Crippen molar-refractivity contribution < 1.29 is 9.63 Å². The highest BCUT2D eigenvalue weighted by molar-refractivity contribution is 6.33. The minimum atomic E-state index is -0.194. The summed E-state index contributed by atoms with van der Waals surface area (Å²) < 4.78 is 0. The van der Waals surface area contributed by atoms with Crippen LogP contribution in [0.5, 0.6) is 0 Å². The Morgan fingerprint density at radius 1 is 1.29 bits per heavy atom. The van der Waals surface area contributed by atoms with Crippen LogP contribution in [0.4, 0.5) is 11.5 Å². The minimum absolute atomic E-state index is 0.00378. The minimum Gasteiger partial charge on any atom is -0.399 e. The van der Waals surface area contributed by atoms with E-state index in [-0.39, 0.29) is 18.0 Å². The van der Waals surface area contributed by atoms with Crippen molar-refractivity contribution in [1.82, 2.24) is 10.3 Å². The van der Waals surface area contributed by atoms with Crippen molar-refractivity contribution in [3.8, 4) is 0 Å². The van der Waals surface area contributed by atoms with Crippen molar-refractivity contribution in [2.45, 2.75) is 53.1 Å². The molecule has 10 heteroatoms. The van der Waals surface area contributed by atoms with Crippen molar-refractivity contribution in [2.75, 3.05) is 24.0 Å². The monoisotopic (exact) mass is 506 g/mol. The lowest BCUT2D eigenvalue weighted by Crippen LogP contribution is -2.37. The van der Waals surface area contributed by atoms with Crippen molar-refractivity contribution in [3.63, 3.8) is 0 Å². The molecule has 2 rings (SSSR count). The molecule has 0 saturated heterocycles. The number of aryl methyl sites for hydroxylation is 1. The second kappa shape index (κ2) is 13.2. The maximum absolute atomic E-state index is 12.8. The quantitative estimate of drug-likeness (QED) is 0.308. The van der Waals surface area contributed by atoms with Gasteiger partial charge < -0.3 is 15.5 Å². The van der Waals surface area contributed by atoms with Crippen LogP contribution in [0.2, 0.25) is 10.0 Å². The molecule has 0 fully saturated rings. The number of benzene rings is 1. The highest BCUT2D eigenvalue weighted by Gasteiger charge is 2.21. The summed E-state index contributed by atoms with van der Waals surface area (Å²) in [5.41, 5.74) is 2.75. The average Bonchev–Trinajstić information content (AvgIpc) is 2.78. The predicted octanol–water partition coefficient (Wildman–Crippen LogP) is 5.54. The number of hydrazone groups is 1. The molecule has 0 aliphatic carbocycles. The molecule has 1 unspecified atom stereocenters. The molecule has 1 aromatic carbocycles. The number of carbonyl (C=O) groups is 1. The number of nitrogens with zero attached hydrogens (tertiary/aromatic N) is 4. The van der Waals surface area contributed by atoms with Gasteiger partial charge in [-0.15, -0.1) is 0 Å². The Hall–Kier alpha value is -2.84. The summed E-state index contributed by atoms with van der Waals surface area (Å²) in [5.74, 6) is 0.322. The molecule has 1 atom stereocenters. The van der Waals surface area contributed by atoms with Gasteiger partial charge in [0.05, 0.1) is 34.2 Å². The summed E-state index contributed by atoms with van der Waals surface area (Å²) in [6.07, 6.45) is 3.85. The lowest BCUT2D eigenvalue weighted by Gasteiger charge is -2.28. The molecule has 0 bridgehead atoms. The van der Waals surface area contributed by atoms with E-state index in [1.807, 2.05) is 40.7 Å². The van der Waals surface area contributed by atoms with Gasteiger partial charge >= 0.3 is 0 Å². The van der Waals surface area contributed by atoms with Gasteiger partial charge in [0.2, 0.25) is 0 Å². The summed E-state index contributed by atoms with van der Waals surface area (Å²) >= 11 is 12.7. The second-order valence-corrected chi connectivity index (χ2v) is 8.86. The normalized spacial score (nSPS) is 12.7. The number of oxime groups is 1. The van der Waals surface area contributed by atoms with E-state index in [0.29, 0.717) is 45.8 Å². The molecule has 8 nitrogen and oxygen atoms in total.